The van der Waals surface area contributed by atoms with E-state index < -0.39 is 11.7 Å². The van der Waals surface area contributed by atoms with Crippen LogP contribution in [0.25, 0.3) is 11.1 Å². The van der Waals surface area contributed by atoms with Gasteiger partial charge in [-0.05, 0) is 31.5 Å². The van der Waals surface area contributed by atoms with Crippen LogP contribution in [-0.2, 0) is 6.18 Å². The molecule has 19 heavy (non-hydrogen) atoms. The lowest BCUT2D eigenvalue weighted by atomic mass is 9.96. The number of benzene rings is 1. The standard InChI is InChI=1S/C13H11F3N2O/c1-7-12(8(2)18-17-7)11-4-3-10(13(14,15)16)5-9(11)6-19/h3-6H,1-2H3,(H,17,18). The minimum absolute atomic E-state index is 0.00225. The van der Waals surface area contributed by atoms with Gasteiger partial charge in [0.1, 0.15) is 0 Å². The van der Waals surface area contributed by atoms with Gasteiger partial charge in [0.15, 0.2) is 6.29 Å². The second-order valence-corrected chi connectivity index (χ2v) is 4.23. The van der Waals surface area contributed by atoms with Gasteiger partial charge in [0.25, 0.3) is 0 Å². The maximum absolute atomic E-state index is 12.6. The molecule has 2 aromatic rings. The molecule has 0 saturated carbocycles. The van der Waals surface area contributed by atoms with Crippen molar-refractivity contribution in [2.45, 2.75) is 20.0 Å². The lowest BCUT2D eigenvalue weighted by Gasteiger charge is -2.10. The molecule has 0 atom stereocenters. The third-order valence-electron chi connectivity index (χ3n) is 2.90. The Morgan fingerprint density at radius 3 is 2.42 bits per heavy atom. The van der Waals surface area contributed by atoms with Crippen molar-refractivity contribution in [3.05, 3.63) is 40.7 Å². The highest BCUT2D eigenvalue weighted by atomic mass is 19.4. The van der Waals surface area contributed by atoms with Gasteiger partial charge in [0.2, 0.25) is 0 Å². The number of H-pyrrole nitrogens is 1. The van der Waals surface area contributed by atoms with E-state index in [2.05, 4.69) is 10.2 Å². The molecule has 1 aromatic carbocycles. The minimum Gasteiger partial charge on any atom is -0.298 e. The number of hydrogen-bond donors (Lipinski definition) is 1. The maximum atomic E-state index is 12.6. The van der Waals surface area contributed by atoms with E-state index in [9.17, 15) is 18.0 Å². The van der Waals surface area contributed by atoms with Crippen LogP contribution in [0.5, 0.6) is 0 Å². The third kappa shape index (κ3) is 2.38. The summed E-state index contributed by atoms with van der Waals surface area (Å²) in [4.78, 5) is 11.0. The Bertz CT molecular complexity index is 610. The summed E-state index contributed by atoms with van der Waals surface area (Å²) >= 11 is 0. The Morgan fingerprint density at radius 2 is 1.95 bits per heavy atom. The number of nitrogens with zero attached hydrogens (tertiary/aromatic N) is 1. The molecule has 0 saturated heterocycles. The average Bonchev–Trinajstić information content (AvgIpc) is 2.67. The first kappa shape index (κ1) is 13.3. The largest absolute Gasteiger partial charge is 0.416 e. The summed E-state index contributed by atoms with van der Waals surface area (Å²) in [6.45, 7) is 3.48. The van der Waals surface area contributed by atoms with Crippen LogP contribution in [0.15, 0.2) is 18.2 Å². The van der Waals surface area contributed by atoms with Gasteiger partial charge in [-0.3, -0.25) is 9.89 Å². The highest BCUT2D eigenvalue weighted by Gasteiger charge is 2.31. The number of carbonyl (C=O) groups is 1. The van der Waals surface area contributed by atoms with Crippen molar-refractivity contribution >= 4 is 6.29 Å². The Labute approximate surface area is 107 Å². The molecular weight excluding hydrogens is 257 g/mol. The molecule has 0 aliphatic heterocycles. The molecule has 1 heterocycles. The lowest BCUT2D eigenvalue weighted by molar-refractivity contribution is -0.137. The van der Waals surface area contributed by atoms with E-state index >= 15 is 0 Å². The average molecular weight is 268 g/mol. The molecule has 0 unspecified atom stereocenters. The second-order valence-electron chi connectivity index (χ2n) is 4.23. The number of aromatic amines is 1. The predicted octanol–water partition coefficient (Wildman–Crippen LogP) is 3.52. The van der Waals surface area contributed by atoms with Gasteiger partial charge >= 0.3 is 6.18 Å². The molecule has 100 valence electrons. The number of halogens is 3. The normalized spacial score (nSPS) is 11.6. The molecule has 2 rings (SSSR count). The smallest absolute Gasteiger partial charge is 0.298 e. The number of aryl methyl sites for hydroxylation is 2. The first-order valence-electron chi connectivity index (χ1n) is 5.53. The first-order chi connectivity index (χ1) is 8.84. The van der Waals surface area contributed by atoms with E-state index in [-0.39, 0.29) is 5.56 Å². The number of rotatable bonds is 2. The van der Waals surface area contributed by atoms with Gasteiger partial charge < -0.3 is 0 Å². The van der Waals surface area contributed by atoms with E-state index in [0.29, 0.717) is 28.8 Å². The van der Waals surface area contributed by atoms with Crippen molar-refractivity contribution in [1.82, 2.24) is 10.2 Å². The molecule has 0 bridgehead atoms. The summed E-state index contributed by atoms with van der Waals surface area (Å²) in [5, 5.41) is 6.72. The highest BCUT2D eigenvalue weighted by molar-refractivity contribution is 5.89. The van der Waals surface area contributed by atoms with Crippen LogP contribution in [0.2, 0.25) is 0 Å². The van der Waals surface area contributed by atoms with Crippen LogP contribution in [0.3, 0.4) is 0 Å². The Kier molecular flexibility index (Phi) is 3.18. The summed E-state index contributed by atoms with van der Waals surface area (Å²) in [5.41, 5.74) is 1.63. The summed E-state index contributed by atoms with van der Waals surface area (Å²) in [6.07, 6.45) is -4.03. The fourth-order valence-electron chi connectivity index (χ4n) is 2.01. The second kappa shape index (κ2) is 4.53. The summed E-state index contributed by atoms with van der Waals surface area (Å²) < 4.78 is 37.8. The molecule has 6 heteroatoms. The molecule has 0 fully saturated rings. The van der Waals surface area contributed by atoms with Crippen LogP contribution in [0.4, 0.5) is 13.2 Å². The maximum Gasteiger partial charge on any atom is 0.416 e. The van der Waals surface area contributed by atoms with Crippen molar-refractivity contribution in [3.8, 4) is 11.1 Å². The van der Waals surface area contributed by atoms with Crippen LogP contribution in [0, 0.1) is 13.8 Å². The van der Waals surface area contributed by atoms with Crippen LogP contribution < -0.4 is 0 Å². The SMILES string of the molecule is Cc1n[nH]c(C)c1-c1ccc(C(F)(F)F)cc1C=O. The third-order valence-corrected chi connectivity index (χ3v) is 2.90. The van der Waals surface area contributed by atoms with Crippen molar-refractivity contribution < 1.29 is 18.0 Å². The number of carbonyl (C=O) groups excluding carboxylic acids is 1. The first-order valence-corrected chi connectivity index (χ1v) is 5.53. The summed E-state index contributed by atoms with van der Waals surface area (Å²) in [7, 11) is 0. The molecular formula is C13H11F3N2O. The molecule has 0 amide bonds. The van der Waals surface area contributed by atoms with Gasteiger partial charge in [-0.2, -0.15) is 18.3 Å². The monoisotopic (exact) mass is 268 g/mol. The quantitative estimate of drug-likeness (QED) is 0.847. The summed E-state index contributed by atoms with van der Waals surface area (Å²) in [5.74, 6) is 0. The van der Waals surface area contributed by atoms with Gasteiger partial charge in [-0.1, -0.05) is 6.07 Å². The Hall–Kier alpha value is -2.11. The molecule has 1 N–H and O–H groups in total. The molecule has 0 aliphatic carbocycles. The highest BCUT2D eigenvalue weighted by Crippen LogP contribution is 2.34. The van der Waals surface area contributed by atoms with E-state index in [1.54, 1.807) is 13.8 Å². The van der Waals surface area contributed by atoms with Crippen molar-refractivity contribution in [2.75, 3.05) is 0 Å². The van der Waals surface area contributed by atoms with Crippen molar-refractivity contribution in [2.24, 2.45) is 0 Å². The number of nitrogens with one attached hydrogen (secondary N) is 1. The van der Waals surface area contributed by atoms with Gasteiger partial charge in [0, 0.05) is 16.8 Å². The number of aldehydes is 1. The molecule has 0 spiro atoms. The Morgan fingerprint density at radius 1 is 1.26 bits per heavy atom. The van der Waals surface area contributed by atoms with Crippen molar-refractivity contribution in [3.63, 3.8) is 0 Å². The molecule has 3 nitrogen and oxygen atoms in total. The zero-order valence-electron chi connectivity index (χ0n) is 10.3. The van der Waals surface area contributed by atoms with Gasteiger partial charge in [0.05, 0.1) is 11.3 Å². The number of hydrogen-bond acceptors (Lipinski definition) is 2. The number of alkyl halides is 3. The van der Waals surface area contributed by atoms with Gasteiger partial charge in [-0.15, -0.1) is 0 Å². The minimum atomic E-state index is -4.46. The zero-order valence-corrected chi connectivity index (χ0v) is 10.3. The predicted molar refractivity (Wildman–Crippen MR) is 63.9 cm³/mol. The van der Waals surface area contributed by atoms with E-state index in [1.165, 1.54) is 6.07 Å². The topological polar surface area (TPSA) is 45.8 Å². The van der Waals surface area contributed by atoms with E-state index in [1.807, 2.05) is 0 Å². The van der Waals surface area contributed by atoms with E-state index in [4.69, 9.17) is 0 Å². The fraction of sp³-hybridized carbons (Fsp3) is 0.231. The fourth-order valence-corrected chi connectivity index (χ4v) is 2.01. The molecule has 0 aliphatic rings. The summed E-state index contributed by atoms with van der Waals surface area (Å²) in [6, 6.07) is 3.12. The molecule has 0 radical (unpaired) electrons. The van der Waals surface area contributed by atoms with Crippen LogP contribution >= 0.6 is 0 Å². The Balaban J connectivity index is 2.63. The molecule has 1 aromatic heterocycles. The van der Waals surface area contributed by atoms with Crippen LogP contribution in [-0.4, -0.2) is 16.5 Å². The van der Waals surface area contributed by atoms with Crippen LogP contribution in [0.1, 0.15) is 27.3 Å². The van der Waals surface area contributed by atoms with E-state index in [0.717, 1.165) is 12.1 Å². The zero-order chi connectivity index (χ0) is 14.2. The lowest BCUT2D eigenvalue weighted by Crippen LogP contribution is -2.06. The van der Waals surface area contributed by atoms with Crippen molar-refractivity contribution in [1.29, 1.82) is 0 Å². The van der Waals surface area contributed by atoms with Gasteiger partial charge in [-0.25, -0.2) is 0 Å². The number of aromatic nitrogens is 2.